The molecule has 0 bridgehead atoms. The minimum absolute atomic E-state index is 0.156. The van der Waals surface area contributed by atoms with Gasteiger partial charge in [0.15, 0.2) is 0 Å². The lowest BCUT2D eigenvalue weighted by molar-refractivity contribution is -0.129. The highest BCUT2D eigenvalue weighted by Crippen LogP contribution is 2.29. The van der Waals surface area contributed by atoms with Crippen LogP contribution in [0.5, 0.6) is 0 Å². The van der Waals surface area contributed by atoms with E-state index in [1.807, 2.05) is 9.47 Å². The number of amides is 1. The molecular weight excluding hydrogens is 444 g/mol. The van der Waals surface area contributed by atoms with E-state index >= 15 is 0 Å². The SMILES string of the molecule is CN(C)CCCn1c2c(c(SCC(=O)N3CCC(Cc4ccccc4)CC3)nc1=O)CCCC2. The molecule has 34 heavy (non-hydrogen) atoms. The molecule has 4 rings (SSSR count). The summed E-state index contributed by atoms with van der Waals surface area (Å²) in [6.45, 7) is 3.33. The van der Waals surface area contributed by atoms with E-state index in [-0.39, 0.29) is 11.6 Å². The van der Waals surface area contributed by atoms with Crippen molar-refractivity contribution in [3.63, 3.8) is 0 Å². The fraction of sp³-hybridized carbons (Fsp3) is 0.593. The number of hydrogen-bond donors (Lipinski definition) is 0. The van der Waals surface area contributed by atoms with Gasteiger partial charge in [-0.1, -0.05) is 42.1 Å². The summed E-state index contributed by atoms with van der Waals surface area (Å²) in [4.78, 5) is 34.4. The molecule has 184 valence electrons. The summed E-state index contributed by atoms with van der Waals surface area (Å²) in [7, 11) is 4.11. The average Bonchev–Trinajstić information content (AvgIpc) is 2.85. The predicted molar refractivity (Wildman–Crippen MR) is 138 cm³/mol. The van der Waals surface area contributed by atoms with E-state index in [0.717, 1.165) is 81.7 Å². The molecule has 0 radical (unpaired) electrons. The summed E-state index contributed by atoms with van der Waals surface area (Å²) < 4.78 is 1.89. The summed E-state index contributed by atoms with van der Waals surface area (Å²) in [6, 6.07) is 10.6. The van der Waals surface area contributed by atoms with Crippen LogP contribution in [-0.4, -0.2) is 64.7 Å². The van der Waals surface area contributed by atoms with E-state index in [4.69, 9.17) is 0 Å². The third kappa shape index (κ3) is 6.51. The number of carbonyl (C=O) groups is 1. The Morgan fingerprint density at radius 2 is 1.85 bits per heavy atom. The van der Waals surface area contributed by atoms with Crippen molar-refractivity contribution in [3.8, 4) is 0 Å². The van der Waals surface area contributed by atoms with Crippen LogP contribution in [0, 0.1) is 5.92 Å². The van der Waals surface area contributed by atoms with E-state index in [0.29, 0.717) is 18.2 Å². The minimum Gasteiger partial charge on any atom is -0.342 e. The number of piperidine rings is 1. The summed E-state index contributed by atoms with van der Waals surface area (Å²) in [6.07, 6.45) is 8.28. The zero-order valence-electron chi connectivity index (χ0n) is 20.7. The first kappa shape index (κ1) is 25.0. The zero-order chi connectivity index (χ0) is 23.9. The van der Waals surface area contributed by atoms with E-state index in [1.54, 1.807) is 0 Å². The molecule has 1 fully saturated rings. The van der Waals surface area contributed by atoms with Crippen LogP contribution in [0.1, 0.15) is 48.9 Å². The lowest BCUT2D eigenvalue weighted by Gasteiger charge is -2.32. The summed E-state index contributed by atoms with van der Waals surface area (Å²) in [5.74, 6) is 1.19. The zero-order valence-corrected chi connectivity index (χ0v) is 21.5. The van der Waals surface area contributed by atoms with Gasteiger partial charge >= 0.3 is 5.69 Å². The maximum absolute atomic E-state index is 13.0. The molecule has 0 atom stereocenters. The molecule has 1 amide bonds. The van der Waals surface area contributed by atoms with Crippen molar-refractivity contribution in [2.45, 2.75) is 62.9 Å². The van der Waals surface area contributed by atoms with Gasteiger partial charge in [0.05, 0.1) is 5.75 Å². The van der Waals surface area contributed by atoms with Gasteiger partial charge in [-0.05, 0) is 83.5 Å². The smallest absolute Gasteiger partial charge is 0.342 e. The van der Waals surface area contributed by atoms with E-state index in [1.165, 1.54) is 22.9 Å². The topological polar surface area (TPSA) is 58.4 Å². The van der Waals surface area contributed by atoms with Crippen molar-refractivity contribution >= 4 is 17.7 Å². The molecule has 1 aliphatic heterocycles. The number of rotatable bonds is 9. The Kier molecular flexibility index (Phi) is 8.84. The number of carbonyl (C=O) groups excluding carboxylic acids is 1. The second-order valence-electron chi connectivity index (χ2n) is 9.94. The van der Waals surface area contributed by atoms with Gasteiger partial charge in [-0.15, -0.1) is 0 Å². The van der Waals surface area contributed by atoms with Crippen LogP contribution in [0.2, 0.25) is 0 Å². The van der Waals surface area contributed by atoms with Crippen molar-refractivity contribution in [3.05, 3.63) is 57.6 Å². The Bertz CT molecular complexity index is 1010. The summed E-state index contributed by atoms with van der Waals surface area (Å²) in [5, 5.41) is 0.788. The van der Waals surface area contributed by atoms with Crippen molar-refractivity contribution in [2.75, 3.05) is 39.5 Å². The lowest BCUT2D eigenvalue weighted by atomic mass is 9.90. The van der Waals surface area contributed by atoms with Gasteiger partial charge in [0.2, 0.25) is 5.91 Å². The van der Waals surface area contributed by atoms with Crippen molar-refractivity contribution in [1.29, 1.82) is 0 Å². The first-order chi connectivity index (χ1) is 16.5. The van der Waals surface area contributed by atoms with Gasteiger partial charge in [0.1, 0.15) is 5.03 Å². The van der Waals surface area contributed by atoms with Gasteiger partial charge in [0, 0.05) is 30.9 Å². The van der Waals surface area contributed by atoms with Crippen LogP contribution >= 0.6 is 11.8 Å². The molecule has 2 aliphatic rings. The first-order valence-corrected chi connectivity index (χ1v) is 13.7. The maximum atomic E-state index is 13.0. The second kappa shape index (κ2) is 12.0. The van der Waals surface area contributed by atoms with Crippen LogP contribution in [-0.2, 0) is 30.6 Å². The Morgan fingerprint density at radius 3 is 2.59 bits per heavy atom. The molecule has 0 unspecified atom stereocenters. The van der Waals surface area contributed by atoms with E-state index in [9.17, 15) is 9.59 Å². The average molecular weight is 483 g/mol. The quantitative estimate of drug-likeness (QED) is 0.403. The number of thioether (sulfide) groups is 1. The highest BCUT2D eigenvalue weighted by molar-refractivity contribution is 7.99. The molecule has 1 aliphatic carbocycles. The molecule has 6 nitrogen and oxygen atoms in total. The Labute approximate surface area is 207 Å². The number of benzene rings is 1. The second-order valence-corrected chi connectivity index (χ2v) is 10.9. The fourth-order valence-electron chi connectivity index (χ4n) is 5.20. The maximum Gasteiger partial charge on any atom is 0.348 e. The van der Waals surface area contributed by atoms with Crippen LogP contribution < -0.4 is 5.69 Å². The molecule has 0 N–H and O–H groups in total. The number of aromatic nitrogens is 2. The van der Waals surface area contributed by atoms with Crippen LogP contribution in [0.25, 0.3) is 0 Å². The largest absolute Gasteiger partial charge is 0.348 e. The van der Waals surface area contributed by atoms with E-state index < -0.39 is 0 Å². The molecule has 7 heteroatoms. The number of hydrogen-bond acceptors (Lipinski definition) is 5. The molecule has 1 aromatic carbocycles. The van der Waals surface area contributed by atoms with Gasteiger partial charge in [0.25, 0.3) is 0 Å². The molecule has 2 heterocycles. The Balaban J connectivity index is 1.33. The third-order valence-corrected chi connectivity index (χ3v) is 8.11. The van der Waals surface area contributed by atoms with E-state index in [2.05, 4.69) is 54.3 Å². The van der Waals surface area contributed by atoms with Gasteiger partial charge in [-0.2, -0.15) is 4.98 Å². The van der Waals surface area contributed by atoms with Crippen molar-refractivity contribution in [1.82, 2.24) is 19.4 Å². The molecular formula is C27H38N4O2S. The number of fused-ring (bicyclic) bond motifs is 1. The lowest BCUT2D eigenvalue weighted by Crippen LogP contribution is -2.40. The minimum atomic E-state index is -0.156. The van der Waals surface area contributed by atoms with Crippen molar-refractivity contribution in [2.24, 2.45) is 5.92 Å². The summed E-state index contributed by atoms with van der Waals surface area (Å²) >= 11 is 1.47. The van der Waals surface area contributed by atoms with Crippen LogP contribution in [0.3, 0.4) is 0 Å². The van der Waals surface area contributed by atoms with Crippen molar-refractivity contribution < 1.29 is 4.79 Å². The normalized spacial score (nSPS) is 16.6. The van der Waals surface area contributed by atoms with Gasteiger partial charge in [-0.25, -0.2) is 4.79 Å². The fourth-order valence-corrected chi connectivity index (χ4v) is 6.18. The van der Waals surface area contributed by atoms with Gasteiger partial charge in [-0.3, -0.25) is 9.36 Å². The van der Waals surface area contributed by atoms with Crippen LogP contribution in [0.15, 0.2) is 40.2 Å². The highest BCUT2D eigenvalue weighted by atomic mass is 32.2. The molecule has 2 aromatic rings. The Hall–Kier alpha value is -2.12. The molecule has 1 aromatic heterocycles. The molecule has 1 saturated heterocycles. The van der Waals surface area contributed by atoms with Gasteiger partial charge < -0.3 is 9.80 Å². The number of nitrogens with zero attached hydrogens (tertiary/aromatic N) is 4. The van der Waals surface area contributed by atoms with Crippen LogP contribution in [0.4, 0.5) is 0 Å². The first-order valence-electron chi connectivity index (χ1n) is 12.7. The number of likely N-dealkylation sites (tertiary alicyclic amines) is 1. The molecule has 0 spiro atoms. The monoisotopic (exact) mass is 482 g/mol. The third-order valence-electron chi connectivity index (χ3n) is 7.10. The molecule has 0 saturated carbocycles. The standard InChI is InChI=1S/C27H38N4O2S/c1-29(2)15-8-16-31-24-12-7-6-11-23(24)26(28-27(31)33)34-20-25(32)30-17-13-22(14-18-30)19-21-9-4-3-5-10-21/h3-5,9-10,22H,6-8,11-20H2,1-2H3. The Morgan fingerprint density at radius 1 is 1.12 bits per heavy atom. The predicted octanol–water partition coefficient (Wildman–Crippen LogP) is 3.65. The highest BCUT2D eigenvalue weighted by Gasteiger charge is 2.25. The summed E-state index contributed by atoms with van der Waals surface area (Å²) in [5.41, 5.74) is 3.59.